The summed E-state index contributed by atoms with van der Waals surface area (Å²) in [5.74, 6) is -1.16. The SMILES string of the molecule is CC(C)Oc1cc(CO)cc(CNc2ccccc2C(=O)Nc2ccc(C(=N)N)nc2)c1OCC(=O)O. The average molecular weight is 508 g/mol. The van der Waals surface area contributed by atoms with E-state index in [2.05, 4.69) is 15.6 Å². The molecule has 0 saturated carbocycles. The normalized spacial score (nSPS) is 10.6. The molecular formula is C26H29N5O6. The first kappa shape index (κ1) is 27.0. The molecule has 1 aromatic heterocycles. The number of ether oxygens (including phenoxy) is 2. The fourth-order valence-electron chi connectivity index (χ4n) is 3.44. The number of benzene rings is 2. The number of nitrogens with two attached hydrogens (primary N) is 1. The lowest BCUT2D eigenvalue weighted by Crippen LogP contribution is -2.17. The van der Waals surface area contributed by atoms with E-state index in [1.807, 2.05) is 13.8 Å². The summed E-state index contributed by atoms with van der Waals surface area (Å²) in [6, 6.07) is 13.3. The van der Waals surface area contributed by atoms with Gasteiger partial charge >= 0.3 is 5.97 Å². The summed E-state index contributed by atoms with van der Waals surface area (Å²) < 4.78 is 11.4. The van der Waals surface area contributed by atoms with Gasteiger partial charge in [-0.1, -0.05) is 12.1 Å². The highest BCUT2D eigenvalue weighted by molar-refractivity contribution is 6.08. The predicted molar refractivity (Wildman–Crippen MR) is 138 cm³/mol. The molecule has 0 aliphatic carbocycles. The fraction of sp³-hybridized carbons (Fsp3) is 0.231. The number of rotatable bonds is 12. The van der Waals surface area contributed by atoms with E-state index in [0.29, 0.717) is 39.5 Å². The molecule has 3 aromatic rings. The summed E-state index contributed by atoms with van der Waals surface area (Å²) in [6.45, 7) is 2.97. The lowest BCUT2D eigenvalue weighted by atomic mass is 10.1. The van der Waals surface area contributed by atoms with Crippen molar-refractivity contribution in [2.45, 2.75) is 33.1 Å². The Morgan fingerprint density at radius 1 is 1.16 bits per heavy atom. The highest BCUT2D eigenvalue weighted by atomic mass is 16.5. The summed E-state index contributed by atoms with van der Waals surface area (Å²) >= 11 is 0. The quantitative estimate of drug-likeness (QED) is 0.159. The van der Waals surface area contributed by atoms with Gasteiger partial charge in [0.05, 0.1) is 30.2 Å². The Hall–Kier alpha value is -4.64. The Kier molecular flexibility index (Phi) is 9.00. The number of aliphatic hydroxyl groups excluding tert-OH is 1. The summed E-state index contributed by atoms with van der Waals surface area (Å²) in [6.07, 6.45) is 1.19. The topological polar surface area (TPSA) is 180 Å². The molecule has 2 aromatic carbocycles. The van der Waals surface area contributed by atoms with Crippen molar-refractivity contribution in [2.75, 3.05) is 17.2 Å². The molecule has 7 N–H and O–H groups in total. The van der Waals surface area contributed by atoms with Crippen LogP contribution in [0.1, 0.15) is 41.0 Å². The number of carboxylic acid groups (broad SMARTS) is 1. The third kappa shape index (κ3) is 7.42. The van der Waals surface area contributed by atoms with E-state index in [0.717, 1.165) is 0 Å². The Bertz CT molecular complexity index is 1280. The van der Waals surface area contributed by atoms with E-state index in [-0.39, 0.29) is 30.8 Å². The van der Waals surface area contributed by atoms with E-state index < -0.39 is 18.5 Å². The molecule has 0 atom stereocenters. The number of para-hydroxylation sites is 1. The van der Waals surface area contributed by atoms with E-state index in [4.69, 9.17) is 25.7 Å². The molecule has 194 valence electrons. The Balaban J connectivity index is 1.86. The maximum atomic E-state index is 13.0. The zero-order valence-electron chi connectivity index (χ0n) is 20.4. The zero-order chi connectivity index (χ0) is 26.9. The molecule has 0 radical (unpaired) electrons. The first-order chi connectivity index (χ1) is 17.7. The van der Waals surface area contributed by atoms with Gasteiger partial charge in [-0.2, -0.15) is 0 Å². The van der Waals surface area contributed by atoms with Gasteiger partial charge in [0.1, 0.15) is 11.5 Å². The first-order valence-corrected chi connectivity index (χ1v) is 11.4. The van der Waals surface area contributed by atoms with Gasteiger partial charge in [0.15, 0.2) is 18.1 Å². The number of pyridine rings is 1. The number of amidine groups is 1. The number of hydrogen-bond acceptors (Lipinski definition) is 8. The number of carboxylic acids is 1. The lowest BCUT2D eigenvalue weighted by Gasteiger charge is -2.20. The van der Waals surface area contributed by atoms with Crippen LogP contribution in [0.3, 0.4) is 0 Å². The number of aliphatic carboxylic acids is 1. The van der Waals surface area contributed by atoms with Crippen LogP contribution < -0.4 is 25.8 Å². The van der Waals surface area contributed by atoms with E-state index in [1.54, 1.807) is 42.5 Å². The standard InChI is InChI=1S/C26H29N5O6/c1-15(2)37-22-10-16(13-32)9-17(24(22)36-14-23(33)34)11-29-20-6-4-3-5-19(20)26(35)31-18-7-8-21(25(27)28)30-12-18/h3-10,12,15,29,32H,11,13-14H2,1-2H3,(H3,27,28)(H,31,35)(H,33,34). The van der Waals surface area contributed by atoms with Gasteiger partial charge in [-0.05, 0) is 55.8 Å². The van der Waals surface area contributed by atoms with Gasteiger partial charge in [0.25, 0.3) is 5.91 Å². The molecule has 0 aliphatic rings. The number of anilines is 2. The molecule has 11 heteroatoms. The van der Waals surface area contributed by atoms with Crippen LogP contribution >= 0.6 is 0 Å². The van der Waals surface area contributed by atoms with E-state index >= 15 is 0 Å². The Morgan fingerprint density at radius 2 is 1.92 bits per heavy atom. The van der Waals surface area contributed by atoms with Gasteiger partial charge in [-0.25, -0.2) is 4.79 Å². The van der Waals surface area contributed by atoms with Crippen LogP contribution in [0, 0.1) is 5.41 Å². The van der Waals surface area contributed by atoms with Crippen molar-refractivity contribution in [3.8, 4) is 11.5 Å². The third-order valence-corrected chi connectivity index (χ3v) is 5.02. The van der Waals surface area contributed by atoms with Crippen LogP contribution in [-0.2, 0) is 17.9 Å². The molecule has 1 amide bonds. The van der Waals surface area contributed by atoms with Crippen LogP contribution in [-0.4, -0.2) is 45.6 Å². The number of aliphatic hydroxyl groups is 1. The second-order valence-electron chi connectivity index (χ2n) is 8.29. The Morgan fingerprint density at radius 3 is 2.54 bits per heavy atom. The van der Waals surface area contributed by atoms with Crippen molar-refractivity contribution >= 4 is 29.1 Å². The van der Waals surface area contributed by atoms with Crippen LogP contribution in [0.25, 0.3) is 0 Å². The number of nitrogens with one attached hydrogen (secondary N) is 3. The second-order valence-corrected chi connectivity index (χ2v) is 8.29. The predicted octanol–water partition coefficient (Wildman–Crippen LogP) is 2.97. The maximum Gasteiger partial charge on any atom is 0.341 e. The zero-order valence-corrected chi connectivity index (χ0v) is 20.4. The number of nitrogen functional groups attached to an aromatic ring is 1. The largest absolute Gasteiger partial charge is 0.487 e. The first-order valence-electron chi connectivity index (χ1n) is 11.4. The molecule has 0 spiro atoms. The van der Waals surface area contributed by atoms with Gasteiger partial charge in [-0.15, -0.1) is 0 Å². The van der Waals surface area contributed by atoms with E-state index in [9.17, 15) is 14.7 Å². The maximum absolute atomic E-state index is 13.0. The van der Waals surface area contributed by atoms with Crippen molar-refractivity contribution in [1.82, 2.24) is 4.98 Å². The molecule has 3 rings (SSSR count). The molecule has 0 saturated heterocycles. The average Bonchev–Trinajstić information content (AvgIpc) is 2.86. The van der Waals surface area contributed by atoms with Crippen molar-refractivity contribution in [2.24, 2.45) is 5.73 Å². The summed E-state index contributed by atoms with van der Waals surface area (Å²) in [5.41, 5.74) is 8.11. The van der Waals surface area contributed by atoms with Crippen LogP contribution in [0.15, 0.2) is 54.7 Å². The second kappa shape index (κ2) is 12.4. The number of nitrogens with zero attached hydrogens (tertiary/aromatic N) is 1. The Labute approximate surface area is 213 Å². The molecule has 0 aliphatic heterocycles. The third-order valence-electron chi connectivity index (χ3n) is 5.02. The highest BCUT2D eigenvalue weighted by Gasteiger charge is 2.18. The summed E-state index contributed by atoms with van der Waals surface area (Å²) in [4.78, 5) is 28.2. The number of hydrogen-bond donors (Lipinski definition) is 6. The molecule has 0 bridgehead atoms. The van der Waals surface area contributed by atoms with Gasteiger partial charge in [-0.3, -0.25) is 15.2 Å². The number of carbonyl (C=O) groups is 2. The van der Waals surface area contributed by atoms with Gasteiger partial charge < -0.3 is 36.1 Å². The molecule has 1 heterocycles. The van der Waals surface area contributed by atoms with E-state index in [1.165, 1.54) is 12.3 Å². The summed E-state index contributed by atoms with van der Waals surface area (Å²) in [5, 5.41) is 32.2. The van der Waals surface area contributed by atoms with Crippen molar-refractivity contribution in [1.29, 1.82) is 5.41 Å². The van der Waals surface area contributed by atoms with Gasteiger partial charge in [0.2, 0.25) is 0 Å². The molecule has 0 unspecified atom stereocenters. The fourth-order valence-corrected chi connectivity index (χ4v) is 3.44. The van der Waals surface area contributed by atoms with Crippen molar-refractivity contribution in [3.05, 3.63) is 77.1 Å². The minimum absolute atomic E-state index is 0.149. The lowest BCUT2D eigenvalue weighted by molar-refractivity contribution is -0.139. The molecular weight excluding hydrogens is 478 g/mol. The number of aromatic nitrogens is 1. The van der Waals surface area contributed by atoms with Crippen LogP contribution in [0.2, 0.25) is 0 Å². The minimum atomic E-state index is -1.14. The number of carbonyl (C=O) groups excluding carboxylic acids is 1. The minimum Gasteiger partial charge on any atom is -0.487 e. The molecule has 37 heavy (non-hydrogen) atoms. The van der Waals surface area contributed by atoms with Crippen molar-refractivity contribution in [3.63, 3.8) is 0 Å². The smallest absolute Gasteiger partial charge is 0.341 e. The summed E-state index contributed by atoms with van der Waals surface area (Å²) in [7, 11) is 0. The monoisotopic (exact) mass is 507 g/mol. The highest BCUT2D eigenvalue weighted by Crippen LogP contribution is 2.35. The molecule has 0 fully saturated rings. The van der Waals surface area contributed by atoms with Crippen molar-refractivity contribution < 1.29 is 29.3 Å². The number of amides is 1. The molecule has 11 nitrogen and oxygen atoms in total. The van der Waals surface area contributed by atoms with Crippen LogP contribution in [0.4, 0.5) is 11.4 Å². The van der Waals surface area contributed by atoms with Gasteiger partial charge in [0, 0.05) is 17.8 Å². The van der Waals surface area contributed by atoms with Crippen LogP contribution in [0.5, 0.6) is 11.5 Å².